The topological polar surface area (TPSA) is 61.4 Å². The molecule has 0 spiro atoms. The van der Waals surface area contributed by atoms with Gasteiger partial charge >= 0.3 is 0 Å². The molecule has 0 radical (unpaired) electrons. The van der Waals surface area contributed by atoms with Gasteiger partial charge in [-0.05, 0) is 42.9 Å². The predicted molar refractivity (Wildman–Crippen MR) is 101 cm³/mol. The molecule has 0 atom stereocenters. The predicted octanol–water partition coefficient (Wildman–Crippen LogP) is 3.32. The first-order valence-electron chi connectivity index (χ1n) is 7.78. The minimum atomic E-state index is -0.434. The van der Waals surface area contributed by atoms with Crippen molar-refractivity contribution in [2.45, 2.75) is 6.54 Å². The van der Waals surface area contributed by atoms with Crippen LogP contribution >= 0.6 is 23.2 Å². The summed E-state index contributed by atoms with van der Waals surface area (Å²) in [5.41, 5.74) is 1.11. The van der Waals surface area contributed by atoms with Gasteiger partial charge in [0.2, 0.25) is 11.8 Å². The summed E-state index contributed by atoms with van der Waals surface area (Å²) in [6, 6.07) is 10.6. The number of benzene rings is 2. The largest absolute Gasteiger partial charge is 0.351 e. The number of carbonyl (C=O) groups excluding carboxylic acids is 2. The maximum Gasteiger partial charge on any atom is 0.238 e. The molecule has 8 heteroatoms. The first-order chi connectivity index (χ1) is 12.3. The lowest BCUT2D eigenvalue weighted by Crippen LogP contribution is -2.38. The molecule has 0 aliphatic heterocycles. The highest BCUT2D eigenvalue weighted by Crippen LogP contribution is 2.20. The van der Waals surface area contributed by atoms with E-state index in [1.165, 1.54) is 18.2 Å². The van der Waals surface area contributed by atoms with Gasteiger partial charge in [0.25, 0.3) is 0 Å². The zero-order chi connectivity index (χ0) is 19.1. The summed E-state index contributed by atoms with van der Waals surface area (Å²) in [6.07, 6.45) is 0. The molecule has 0 saturated carbocycles. The highest BCUT2D eigenvalue weighted by atomic mass is 35.5. The Kier molecular flexibility index (Phi) is 7.38. The fourth-order valence-electron chi connectivity index (χ4n) is 2.23. The second kappa shape index (κ2) is 9.52. The van der Waals surface area contributed by atoms with Crippen molar-refractivity contribution in [2.75, 3.05) is 25.5 Å². The number of amides is 2. The Hall–Kier alpha value is -2.15. The van der Waals surface area contributed by atoms with E-state index >= 15 is 0 Å². The smallest absolute Gasteiger partial charge is 0.238 e. The molecule has 138 valence electrons. The molecule has 0 heterocycles. The molecule has 26 heavy (non-hydrogen) atoms. The first-order valence-corrected chi connectivity index (χ1v) is 8.53. The number of anilines is 1. The fraction of sp³-hybridized carbons (Fsp3) is 0.222. The number of halogens is 3. The van der Waals surface area contributed by atoms with Crippen molar-refractivity contribution < 1.29 is 14.0 Å². The molecule has 2 N–H and O–H groups in total. The molecule has 0 fully saturated rings. The summed E-state index contributed by atoms with van der Waals surface area (Å²) in [7, 11) is 1.64. The van der Waals surface area contributed by atoms with Crippen LogP contribution in [-0.4, -0.2) is 36.9 Å². The van der Waals surface area contributed by atoms with Crippen LogP contribution in [0.2, 0.25) is 10.0 Å². The summed E-state index contributed by atoms with van der Waals surface area (Å²) >= 11 is 11.9. The van der Waals surface area contributed by atoms with Crippen LogP contribution in [0.25, 0.3) is 0 Å². The van der Waals surface area contributed by atoms with Crippen LogP contribution in [0.15, 0.2) is 42.5 Å². The molecule has 5 nitrogen and oxygen atoms in total. The highest BCUT2D eigenvalue weighted by molar-refractivity contribution is 6.35. The Morgan fingerprint density at radius 2 is 1.81 bits per heavy atom. The van der Waals surface area contributed by atoms with E-state index in [1.54, 1.807) is 36.2 Å². The maximum atomic E-state index is 13.1. The summed E-state index contributed by atoms with van der Waals surface area (Å²) in [5.74, 6) is -1.03. The molecule has 2 aromatic carbocycles. The van der Waals surface area contributed by atoms with Crippen LogP contribution < -0.4 is 10.6 Å². The average Bonchev–Trinajstić information content (AvgIpc) is 2.53. The van der Waals surface area contributed by atoms with E-state index in [4.69, 9.17) is 23.2 Å². The van der Waals surface area contributed by atoms with Crippen LogP contribution in [-0.2, 0) is 16.1 Å². The first kappa shape index (κ1) is 20.2. The van der Waals surface area contributed by atoms with Crippen molar-refractivity contribution in [2.24, 2.45) is 0 Å². The Bertz CT molecular complexity index is 802. The molecule has 2 rings (SSSR count). The number of hydrogen-bond acceptors (Lipinski definition) is 3. The summed E-state index contributed by atoms with van der Waals surface area (Å²) in [5, 5.41) is 6.30. The monoisotopic (exact) mass is 397 g/mol. The Morgan fingerprint density at radius 3 is 2.50 bits per heavy atom. The molecule has 0 aliphatic rings. The Labute approximate surface area is 161 Å². The normalized spacial score (nSPS) is 10.7. The number of nitrogens with zero attached hydrogens (tertiary/aromatic N) is 1. The van der Waals surface area contributed by atoms with E-state index in [2.05, 4.69) is 10.6 Å². The lowest BCUT2D eigenvalue weighted by Gasteiger charge is -2.16. The van der Waals surface area contributed by atoms with Crippen molar-refractivity contribution in [3.8, 4) is 0 Å². The molecule has 0 aliphatic carbocycles. The van der Waals surface area contributed by atoms with E-state index in [1.807, 2.05) is 0 Å². The van der Waals surface area contributed by atoms with Gasteiger partial charge in [0, 0.05) is 22.3 Å². The molecule has 2 aromatic rings. The molecule has 0 unspecified atom stereocenters. The Morgan fingerprint density at radius 1 is 1.08 bits per heavy atom. The summed E-state index contributed by atoms with van der Waals surface area (Å²) in [4.78, 5) is 25.5. The van der Waals surface area contributed by atoms with Gasteiger partial charge in [0.15, 0.2) is 0 Å². The minimum Gasteiger partial charge on any atom is -0.351 e. The van der Waals surface area contributed by atoms with Gasteiger partial charge in [0.1, 0.15) is 5.82 Å². The van der Waals surface area contributed by atoms with E-state index in [9.17, 15) is 14.0 Å². The zero-order valence-electron chi connectivity index (χ0n) is 14.1. The fourth-order valence-corrected chi connectivity index (χ4v) is 2.70. The van der Waals surface area contributed by atoms with Crippen molar-refractivity contribution in [1.29, 1.82) is 0 Å². The van der Waals surface area contributed by atoms with Gasteiger partial charge in [-0.1, -0.05) is 35.3 Å². The number of carbonyl (C=O) groups is 2. The molecule has 2 amide bonds. The van der Waals surface area contributed by atoms with Gasteiger partial charge in [-0.2, -0.15) is 0 Å². The van der Waals surface area contributed by atoms with Crippen molar-refractivity contribution in [1.82, 2.24) is 10.2 Å². The number of rotatable bonds is 7. The molecular formula is C18H18Cl2FN3O2. The number of nitrogens with one attached hydrogen (secondary N) is 2. The number of likely N-dealkylation sites (N-methyl/N-ethyl adjacent to an activating group) is 1. The van der Waals surface area contributed by atoms with Crippen molar-refractivity contribution >= 4 is 40.7 Å². The molecule has 0 bridgehead atoms. The third-order valence-electron chi connectivity index (χ3n) is 3.43. The van der Waals surface area contributed by atoms with E-state index in [0.29, 0.717) is 15.7 Å². The number of hydrogen-bond donors (Lipinski definition) is 2. The van der Waals surface area contributed by atoms with Crippen molar-refractivity contribution in [3.05, 3.63) is 63.9 Å². The lowest BCUT2D eigenvalue weighted by atomic mass is 10.2. The summed E-state index contributed by atoms with van der Waals surface area (Å²) < 4.78 is 13.1. The van der Waals surface area contributed by atoms with Crippen LogP contribution in [0, 0.1) is 5.82 Å². The minimum absolute atomic E-state index is 0.00830. The van der Waals surface area contributed by atoms with Gasteiger partial charge in [-0.15, -0.1) is 0 Å². The second-order valence-electron chi connectivity index (χ2n) is 5.74. The summed E-state index contributed by atoms with van der Waals surface area (Å²) in [6.45, 7) is 0.283. The van der Waals surface area contributed by atoms with Gasteiger partial charge in [-0.3, -0.25) is 14.5 Å². The van der Waals surface area contributed by atoms with Gasteiger partial charge in [0.05, 0.1) is 13.1 Å². The van der Waals surface area contributed by atoms with Crippen LogP contribution in [0.3, 0.4) is 0 Å². The van der Waals surface area contributed by atoms with E-state index in [-0.39, 0.29) is 31.4 Å². The maximum absolute atomic E-state index is 13.1. The highest BCUT2D eigenvalue weighted by Gasteiger charge is 2.12. The van der Waals surface area contributed by atoms with Crippen LogP contribution in [0.1, 0.15) is 5.56 Å². The lowest BCUT2D eigenvalue weighted by molar-refractivity contribution is -0.123. The van der Waals surface area contributed by atoms with Crippen molar-refractivity contribution in [3.63, 3.8) is 0 Å². The van der Waals surface area contributed by atoms with Crippen LogP contribution in [0.5, 0.6) is 0 Å². The SMILES string of the molecule is CN(CC(=O)NCc1ccc(Cl)cc1Cl)CC(=O)Nc1cccc(F)c1. The Balaban J connectivity index is 1.76. The molecule has 0 aromatic heterocycles. The zero-order valence-corrected chi connectivity index (χ0v) is 15.6. The third kappa shape index (κ3) is 6.63. The standard InChI is InChI=1S/C18H18Cl2FN3O2/c1-24(11-18(26)23-15-4-2-3-14(21)8-15)10-17(25)22-9-12-5-6-13(19)7-16(12)20/h2-8H,9-11H2,1H3,(H,22,25)(H,23,26). The van der Waals surface area contributed by atoms with E-state index in [0.717, 1.165) is 5.56 Å². The quantitative estimate of drug-likeness (QED) is 0.753. The van der Waals surface area contributed by atoms with Gasteiger partial charge < -0.3 is 10.6 Å². The molecule has 0 saturated heterocycles. The van der Waals surface area contributed by atoms with E-state index < -0.39 is 5.82 Å². The average molecular weight is 398 g/mol. The second-order valence-corrected chi connectivity index (χ2v) is 6.59. The van der Waals surface area contributed by atoms with Gasteiger partial charge in [-0.25, -0.2) is 4.39 Å². The molecular weight excluding hydrogens is 380 g/mol. The van der Waals surface area contributed by atoms with Crippen LogP contribution in [0.4, 0.5) is 10.1 Å². The third-order valence-corrected chi connectivity index (χ3v) is 4.01.